The lowest BCUT2D eigenvalue weighted by Crippen LogP contribution is -2.38. The highest BCUT2D eigenvalue weighted by atomic mass is 16.2. The van der Waals surface area contributed by atoms with Gasteiger partial charge < -0.3 is 9.80 Å². The SMILES string of the molecule is O=C1CCN(c2ccccn2)C[C@H]2CCCN12. The van der Waals surface area contributed by atoms with Gasteiger partial charge in [-0.05, 0) is 25.0 Å². The molecule has 1 aromatic heterocycles. The molecule has 2 aliphatic heterocycles. The number of hydrogen-bond donors (Lipinski definition) is 0. The molecule has 0 bridgehead atoms. The normalized spacial score (nSPS) is 24.7. The minimum atomic E-state index is 0.311. The Morgan fingerprint density at radius 2 is 2.24 bits per heavy atom. The van der Waals surface area contributed by atoms with Crippen molar-refractivity contribution < 1.29 is 4.79 Å². The van der Waals surface area contributed by atoms with Crippen LogP contribution in [0.2, 0.25) is 0 Å². The van der Waals surface area contributed by atoms with E-state index in [-0.39, 0.29) is 0 Å². The second-order valence-electron chi connectivity index (χ2n) is 4.77. The topological polar surface area (TPSA) is 36.4 Å². The van der Waals surface area contributed by atoms with Crippen molar-refractivity contribution in [3.63, 3.8) is 0 Å². The quantitative estimate of drug-likeness (QED) is 0.730. The molecule has 0 unspecified atom stereocenters. The molecule has 0 spiro atoms. The zero-order chi connectivity index (χ0) is 11.7. The Bertz CT molecular complexity index is 406. The highest BCUT2D eigenvalue weighted by Crippen LogP contribution is 2.24. The van der Waals surface area contributed by atoms with Gasteiger partial charge in [-0.1, -0.05) is 6.07 Å². The van der Waals surface area contributed by atoms with Crippen molar-refractivity contribution in [2.24, 2.45) is 0 Å². The summed E-state index contributed by atoms with van der Waals surface area (Å²) in [6, 6.07) is 6.34. The lowest BCUT2D eigenvalue weighted by Gasteiger charge is -2.26. The molecule has 17 heavy (non-hydrogen) atoms. The number of amides is 1. The van der Waals surface area contributed by atoms with E-state index in [9.17, 15) is 4.79 Å². The van der Waals surface area contributed by atoms with Crippen molar-refractivity contribution in [3.05, 3.63) is 24.4 Å². The molecule has 1 atom stereocenters. The van der Waals surface area contributed by atoms with Gasteiger partial charge in [-0.25, -0.2) is 4.98 Å². The van der Waals surface area contributed by atoms with E-state index in [2.05, 4.69) is 14.8 Å². The number of rotatable bonds is 1. The molecule has 3 rings (SSSR count). The molecule has 4 nitrogen and oxygen atoms in total. The minimum Gasteiger partial charge on any atom is -0.354 e. The molecule has 0 N–H and O–H groups in total. The van der Waals surface area contributed by atoms with Gasteiger partial charge in [-0.2, -0.15) is 0 Å². The highest BCUT2D eigenvalue weighted by Gasteiger charge is 2.33. The van der Waals surface area contributed by atoms with Crippen LogP contribution in [0.1, 0.15) is 19.3 Å². The Kier molecular flexibility index (Phi) is 2.71. The number of pyridine rings is 1. The maximum Gasteiger partial charge on any atom is 0.224 e. The number of fused-ring (bicyclic) bond motifs is 1. The van der Waals surface area contributed by atoms with E-state index in [0.29, 0.717) is 18.4 Å². The summed E-state index contributed by atoms with van der Waals surface area (Å²) in [5, 5.41) is 0. The van der Waals surface area contributed by atoms with Crippen LogP contribution < -0.4 is 4.90 Å². The van der Waals surface area contributed by atoms with Crippen LogP contribution in [0.3, 0.4) is 0 Å². The van der Waals surface area contributed by atoms with Crippen LogP contribution in [0.5, 0.6) is 0 Å². The van der Waals surface area contributed by atoms with E-state index in [4.69, 9.17) is 0 Å². The second-order valence-corrected chi connectivity index (χ2v) is 4.77. The van der Waals surface area contributed by atoms with Crippen LogP contribution in [-0.4, -0.2) is 41.5 Å². The van der Waals surface area contributed by atoms with Crippen LogP contribution in [0.25, 0.3) is 0 Å². The summed E-state index contributed by atoms with van der Waals surface area (Å²) < 4.78 is 0. The minimum absolute atomic E-state index is 0.311. The summed E-state index contributed by atoms with van der Waals surface area (Å²) >= 11 is 0. The Labute approximate surface area is 101 Å². The maximum absolute atomic E-state index is 12.0. The largest absolute Gasteiger partial charge is 0.354 e. The van der Waals surface area contributed by atoms with Crippen molar-refractivity contribution in [2.45, 2.75) is 25.3 Å². The average molecular weight is 231 g/mol. The molecule has 2 aliphatic rings. The molecule has 3 heterocycles. The average Bonchev–Trinajstić information content (AvgIpc) is 2.77. The predicted octanol–water partition coefficient (Wildman–Crippen LogP) is 1.28. The monoisotopic (exact) mass is 231 g/mol. The standard InChI is InChI=1S/C13H17N3O/c17-13-6-9-15(12-5-1-2-7-14-12)10-11-4-3-8-16(11)13/h1-2,5,7,11H,3-4,6,8-10H2/t11-/m1/s1. The van der Waals surface area contributed by atoms with Gasteiger partial charge in [0.25, 0.3) is 0 Å². The van der Waals surface area contributed by atoms with Crippen molar-refractivity contribution in [1.29, 1.82) is 0 Å². The van der Waals surface area contributed by atoms with Crippen LogP contribution in [0.15, 0.2) is 24.4 Å². The van der Waals surface area contributed by atoms with Gasteiger partial charge in [0, 0.05) is 38.3 Å². The first-order valence-corrected chi connectivity index (χ1v) is 6.30. The van der Waals surface area contributed by atoms with Crippen LogP contribution >= 0.6 is 0 Å². The van der Waals surface area contributed by atoms with Crippen LogP contribution in [-0.2, 0) is 4.79 Å². The van der Waals surface area contributed by atoms with E-state index >= 15 is 0 Å². The molecule has 0 aliphatic carbocycles. The van der Waals surface area contributed by atoms with E-state index in [1.54, 1.807) is 0 Å². The Balaban J connectivity index is 1.81. The van der Waals surface area contributed by atoms with Gasteiger partial charge in [0.1, 0.15) is 5.82 Å². The van der Waals surface area contributed by atoms with Gasteiger partial charge in [-0.15, -0.1) is 0 Å². The zero-order valence-electron chi connectivity index (χ0n) is 9.88. The van der Waals surface area contributed by atoms with Gasteiger partial charge in [0.2, 0.25) is 5.91 Å². The molecule has 2 saturated heterocycles. The van der Waals surface area contributed by atoms with Gasteiger partial charge >= 0.3 is 0 Å². The summed E-state index contributed by atoms with van der Waals surface area (Å²) in [5.74, 6) is 1.31. The fourth-order valence-corrected chi connectivity index (χ4v) is 2.82. The maximum atomic E-state index is 12.0. The summed E-state index contributed by atoms with van der Waals surface area (Å²) in [5.41, 5.74) is 0. The first kappa shape index (κ1) is 10.6. The van der Waals surface area contributed by atoms with E-state index in [1.165, 1.54) is 0 Å². The molecule has 2 fully saturated rings. The van der Waals surface area contributed by atoms with Crippen molar-refractivity contribution in [3.8, 4) is 0 Å². The molecule has 0 saturated carbocycles. The lowest BCUT2D eigenvalue weighted by atomic mass is 10.2. The summed E-state index contributed by atoms with van der Waals surface area (Å²) in [6.07, 6.45) is 4.71. The van der Waals surface area contributed by atoms with Crippen molar-refractivity contribution >= 4 is 11.7 Å². The van der Waals surface area contributed by atoms with E-state index < -0.39 is 0 Å². The van der Waals surface area contributed by atoms with Crippen molar-refractivity contribution in [1.82, 2.24) is 9.88 Å². The number of carbonyl (C=O) groups is 1. The van der Waals surface area contributed by atoms with E-state index in [0.717, 1.165) is 38.3 Å². The third kappa shape index (κ3) is 1.99. The first-order valence-electron chi connectivity index (χ1n) is 6.30. The number of hydrogen-bond acceptors (Lipinski definition) is 3. The number of carbonyl (C=O) groups excluding carboxylic acids is 1. The van der Waals surface area contributed by atoms with Gasteiger partial charge in [0.15, 0.2) is 0 Å². The number of aromatic nitrogens is 1. The molecule has 1 aromatic rings. The zero-order valence-corrected chi connectivity index (χ0v) is 9.88. The molecule has 4 heteroatoms. The predicted molar refractivity (Wildman–Crippen MR) is 65.8 cm³/mol. The Morgan fingerprint density at radius 3 is 3.06 bits per heavy atom. The lowest BCUT2D eigenvalue weighted by molar-refractivity contribution is -0.130. The molecular weight excluding hydrogens is 214 g/mol. The fraction of sp³-hybridized carbons (Fsp3) is 0.538. The molecule has 0 aromatic carbocycles. The number of anilines is 1. The van der Waals surface area contributed by atoms with E-state index in [1.807, 2.05) is 24.4 Å². The molecule has 90 valence electrons. The number of nitrogens with zero attached hydrogens (tertiary/aromatic N) is 3. The fourth-order valence-electron chi connectivity index (χ4n) is 2.82. The summed E-state index contributed by atoms with van der Waals surface area (Å²) in [4.78, 5) is 20.6. The highest BCUT2D eigenvalue weighted by molar-refractivity contribution is 5.78. The van der Waals surface area contributed by atoms with Crippen LogP contribution in [0, 0.1) is 0 Å². The first-order chi connectivity index (χ1) is 8.34. The summed E-state index contributed by atoms with van der Waals surface area (Å²) in [6.45, 7) is 2.67. The van der Waals surface area contributed by atoms with Crippen molar-refractivity contribution in [2.75, 3.05) is 24.5 Å². The third-order valence-electron chi connectivity index (χ3n) is 3.70. The molecule has 1 amide bonds. The second kappa shape index (κ2) is 4.35. The van der Waals surface area contributed by atoms with Crippen LogP contribution in [0.4, 0.5) is 5.82 Å². The Hall–Kier alpha value is -1.58. The molecular formula is C13H17N3O. The Morgan fingerprint density at radius 1 is 1.29 bits per heavy atom. The van der Waals surface area contributed by atoms with Gasteiger partial charge in [0.05, 0.1) is 0 Å². The third-order valence-corrected chi connectivity index (χ3v) is 3.70. The smallest absolute Gasteiger partial charge is 0.224 e. The molecule has 0 radical (unpaired) electrons. The van der Waals surface area contributed by atoms with Gasteiger partial charge in [-0.3, -0.25) is 4.79 Å². The summed E-state index contributed by atoms with van der Waals surface area (Å²) in [7, 11) is 0.